The number of halogens is 3. The zero-order chi connectivity index (χ0) is 23.1. The monoisotopic (exact) mass is 474 g/mol. The van der Waals surface area contributed by atoms with Crippen LogP contribution in [-0.2, 0) is 13.2 Å². The van der Waals surface area contributed by atoms with Crippen LogP contribution in [0.1, 0.15) is 36.3 Å². The molecule has 1 saturated heterocycles. The second-order valence-electron chi connectivity index (χ2n) is 8.96. The summed E-state index contributed by atoms with van der Waals surface area (Å²) in [6.45, 7) is 3.12. The molecule has 0 radical (unpaired) electrons. The number of hydrogen-bond donors (Lipinski definition) is 0. The molecule has 3 heterocycles. The minimum absolute atomic E-state index is 0.254. The Kier molecular flexibility index (Phi) is 5.90. The van der Waals surface area contributed by atoms with Crippen molar-refractivity contribution in [2.24, 2.45) is 12.5 Å². The van der Waals surface area contributed by atoms with Gasteiger partial charge in [0, 0.05) is 24.9 Å². The highest BCUT2D eigenvalue weighted by Crippen LogP contribution is 2.64. The van der Waals surface area contributed by atoms with Crippen LogP contribution in [0.15, 0.2) is 47.9 Å². The van der Waals surface area contributed by atoms with Gasteiger partial charge in [-0.1, -0.05) is 23.9 Å². The van der Waals surface area contributed by atoms with Gasteiger partial charge in [-0.05, 0) is 67.4 Å². The molecule has 1 aliphatic carbocycles. The van der Waals surface area contributed by atoms with Crippen LogP contribution in [0.4, 0.5) is 13.2 Å². The van der Waals surface area contributed by atoms with Crippen LogP contribution in [0, 0.1) is 5.41 Å². The Hall–Kier alpha value is -2.46. The van der Waals surface area contributed by atoms with Gasteiger partial charge >= 0.3 is 6.18 Å². The van der Waals surface area contributed by atoms with Gasteiger partial charge in [-0.2, -0.15) is 23.4 Å². The molecule has 0 amide bonds. The second-order valence-corrected chi connectivity index (χ2v) is 10.0. The van der Waals surface area contributed by atoms with E-state index >= 15 is 0 Å². The van der Waals surface area contributed by atoms with E-state index in [1.54, 1.807) is 36.3 Å². The van der Waals surface area contributed by atoms with E-state index < -0.39 is 11.7 Å². The highest BCUT2D eigenvalue weighted by Gasteiger charge is 2.57. The van der Waals surface area contributed by atoms with Crippen molar-refractivity contribution in [3.63, 3.8) is 0 Å². The lowest BCUT2D eigenvalue weighted by atomic mass is 9.97. The summed E-state index contributed by atoms with van der Waals surface area (Å²) in [5.41, 5.74) is 1.62. The maximum absolute atomic E-state index is 12.8. The SMILES string of the molecule is Cn1c(SCCCN2CC[C@]3(C[C@H]3c3ccc(C(F)(F)F)cc3)C2)nnc1-c1ccnnc1. The van der Waals surface area contributed by atoms with Crippen molar-refractivity contribution >= 4 is 11.8 Å². The minimum atomic E-state index is -4.27. The molecule has 2 aliphatic rings. The Morgan fingerprint density at radius 2 is 1.94 bits per heavy atom. The quantitative estimate of drug-likeness (QED) is 0.367. The molecular weight excluding hydrogens is 449 g/mol. The number of aromatic nitrogens is 5. The standard InChI is InChI=1S/C23H25F3N6S/c1-31-20(17-7-9-27-28-14-17)29-30-21(31)33-12-2-10-32-11-8-22(15-32)13-19(22)16-3-5-18(6-4-16)23(24,25)26/h3-7,9,14,19H,2,8,10-13,15H2,1H3/t19-,22-/m0/s1. The second kappa shape index (κ2) is 8.72. The van der Waals surface area contributed by atoms with Gasteiger partial charge in [0.25, 0.3) is 0 Å². The molecule has 10 heteroatoms. The third-order valence-electron chi connectivity index (χ3n) is 6.82. The van der Waals surface area contributed by atoms with Gasteiger partial charge in [0.1, 0.15) is 0 Å². The third kappa shape index (κ3) is 4.63. The van der Waals surface area contributed by atoms with Crippen molar-refractivity contribution in [2.45, 2.75) is 36.5 Å². The number of alkyl halides is 3. The molecule has 3 aromatic rings. The van der Waals surface area contributed by atoms with Gasteiger partial charge in [-0.25, -0.2) is 0 Å². The first-order valence-electron chi connectivity index (χ1n) is 11.0. The van der Waals surface area contributed by atoms with Crippen LogP contribution >= 0.6 is 11.8 Å². The van der Waals surface area contributed by atoms with Gasteiger partial charge in [0.2, 0.25) is 0 Å². The molecule has 2 aromatic heterocycles. The van der Waals surface area contributed by atoms with Crippen LogP contribution < -0.4 is 0 Å². The molecule has 174 valence electrons. The lowest BCUT2D eigenvalue weighted by Gasteiger charge is -2.16. The molecular formula is C23H25F3N6S. The van der Waals surface area contributed by atoms with Crippen LogP contribution in [0.2, 0.25) is 0 Å². The lowest BCUT2D eigenvalue weighted by Crippen LogP contribution is -2.23. The van der Waals surface area contributed by atoms with E-state index in [4.69, 9.17) is 0 Å². The first-order chi connectivity index (χ1) is 15.9. The lowest BCUT2D eigenvalue weighted by molar-refractivity contribution is -0.137. The molecule has 0 unspecified atom stereocenters. The number of nitrogens with zero attached hydrogens (tertiary/aromatic N) is 6. The number of hydrogen-bond acceptors (Lipinski definition) is 6. The van der Waals surface area contributed by atoms with Crippen LogP contribution in [0.3, 0.4) is 0 Å². The average Bonchev–Trinajstić information content (AvgIpc) is 3.15. The van der Waals surface area contributed by atoms with Crippen LogP contribution in [0.5, 0.6) is 0 Å². The summed E-state index contributed by atoms with van der Waals surface area (Å²) in [6.07, 6.45) is 2.29. The van der Waals surface area contributed by atoms with Gasteiger partial charge in [-0.3, -0.25) is 0 Å². The summed E-state index contributed by atoms with van der Waals surface area (Å²) in [5, 5.41) is 17.2. The first-order valence-corrected chi connectivity index (χ1v) is 12.0. The summed E-state index contributed by atoms with van der Waals surface area (Å²) < 4.78 is 40.4. The molecule has 1 aliphatic heterocycles. The molecule has 6 nitrogen and oxygen atoms in total. The smallest absolute Gasteiger partial charge is 0.305 e. The Balaban J connectivity index is 1.09. The van der Waals surface area contributed by atoms with Gasteiger partial charge in [0.05, 0.1) is 18.0 Å². The Morgan fingerprint density at radius 3 is 2.67 bits per heavy atom. The van der Waals surface area contributed by atoms with Gasteiger partial charge in [-0.15, -0.1) is 10.2 Å². The summed E-state index contributed by atoms with van der Waals surface area (Å²) in [7, 11) is 1.96. The number of rotatable bonds is 7. The Bertz CT molecular complexity index is 1100. The minimum Gasteiger partial charge on any atom is -0.305 e. The van der Waals surface area contributed by atoms with E-state index in [9.17, 15) is 13.2 Å². The Morgan fingerprint density at radius 1 is 1.12 bits per heavy atom. The van der Waals surface area contributed by atoms with Crippen LogP contribution in [0.25, 0.3) is 11.4 Å². The van der Waals surface area contributed by atoms with E-state index in [0.717, 1.165) is 66.8 Å². The molecule has 1 saturated carbocycles. The fourth-order valence-electron chi connectivity index (χ4n) is 4.92. The highest BCUT2D eigenvalue weighted by molar-refractivity contribution is 7.99. The summed E-state index contributed by atoms with van der Waals surface area (Å²) >= 11 is 1.70. The average molecular weight is 475 g/mol. The van der Waals surface area contributed by atoms with Crippen molar-refractivity contribution in [1.82, 2.24) is 29.9 Å². The highest BCUT2D eigenvalue weighted by atomic mass is 32.2. The summed E-state index contributed by atoms with van der Waals surface area (Å²) in [4.78, 5) is 2.50. The largest absolute Gasteiger partial charge is 0.416 e. The molecule has 2 atom stereocenters. The molecule has 1 aromatic carbocycles. The fourth-order valence-corrected chi connectivity index (χ4v) is 5.75. The van der Waals surface area contributed by atoms with Gasteiger partial charge in [0.15, 0.2) is 11.0 Å². The van der Waals surface area contributed by atoms with Crippen molar-refractivity contribution in [3.8, 4) is 11.4 Å². The maximum Gasteiger partial charge on any atom is 0.416 e. The van der Waals surface area contributed by atoms with Crippen molar-refractivity contribution < 1.29 is 13.2 Å². The van der Waals surface area contributed by atoms with Gasteiger partial charge < -0.3 is 9.47 Å². The van der Waals surface area contributed by atoms with E-state index in [2.05, 4.69) is 25.3 Å². The predicted octanol–water partition coefficient (Wildman–Crippen LogP) is 4.65. The molecule has 5 rings (SSSR count). The molecule has 33 heavy (non-hydrogen) atoms. The maximum atomic E-state index is 12.8. The van der Waals surface area contributed by atoms with Crippen LogP contribution in [-0.4, -0.2) is 55.2 Å². The zero-order valence-corrected chi connectivity index (χ0v) is 19.1. The molecule has 0 bridgehead atoms. The number of thioether (sulfide) groups is 1. The fraction of sp³-hybridized carbons (Fsp3) is 0.478. The first kappa shape index (κ1) is 22.3. The van der Waals surface area contributed by atoms with Crippen molar-refractivity contribution in [2.75, 3.05) is 25.4 Å². The third-order valence-corrected chi connectivity index (χ3v) is 7.93. The molecule has 1 spiro atoms. The van der Waals surface area contributed by atoms with E-state index in [1.807, 2.05) is 17.7 Å². The molecule has 2 fully saturated rings. The van der Waals surface area contributed by atoms with E-state index in [-0.39, 0.29) is 5.41 Å². The topological polar surface area (TPSA) is 59.7 Å². The Labute approximate surface area is 194 Å². The zero-order valence-electron chi connectivity index (χ0n) is 18.3. The number of likely N-dealkylation sites (tertiary alicyclic amines) is 1. The predicted molar refractivity (Wildman–Crippen MR) is 120 cm³/mol. The number of benzene rings is 1. The molecule has 0 N–H and O–H groups in total. The van der Waals surface area contributed by atoms with E-state index in [0.29, 0.717) is 5.92 Å². The van der Waals surface area contributed by atoms with E-state index in [1.165, 1.54) is 12.1 Å². The van der Waals surface area contributed by atoms with Crippen molar-refractivity contribution in [3.05, 3.63) is 53.9 Å². The van der Waals surface area contributed by atoms with Crippen molar-refractivity contribution in [1.29, 1.82) is 0 Å². The normalized spacial score (nSPS) is 22.8. The summed E-state index contributed by atoms with van der Waals surface area (Å²) in [5.74, 6) is 2.11. The summed E-state index contributed by atoms with van der Waals surface area (Å²) in [6, 6.07) is 7.63.